The number of carbonyl (C=O) groups is 1. The van der Waals surface area contributed by atoms with Gasteiger partial charge < -0.3 is 19.3 Å². The van der Waals surface area contributed by atoms with Crippen LogP contribution in [-0.4, -0.2) is 54.6 Å². The van der Waals surface area contributed by atoms with Crippen LogP contribution in [0.1, 0.15) is 54.1 Å². The maximum absolute atomic E-state index is 13.2. The van der Waals surface area contributed by atoms with Crippen LogP contribution in [0, 0.1) is 0 Å². The van der Waals surface area contributed by atoms with Gasteiger partial charge in [-0.1, -0.05) is 0 Å². The molecule has 0 aliphatic carbocycles. The number of aromatic nitrogens is 2. The number of hydrogen-bond donors (Lipinski definition) is 0. The average molecular weight is 396 g/mol. The number of benzene rings is 1. The lowest BCUT2D eigenvalue weighted by atomic mass is 10.0. The van der Waals surface area contributed by atoms with Gasteiger partial charge in [0.05, 0.1) is 25.8 Å². The number of carbonyl (C=O) groups excluding carboxylic acids is 1. The van der Waals surface area contributed by atoms with Crippen LogP contribution in [0.4, 0.5) is 5.95 Å². The molecule has 1 aromatic carbocycles. The lowest BCUT2D eigenvalue weighted by Crippen LogP contribution is -2.32. The molecule has 1 aromatic heterocycles. The highest BCUT2D eigenvalue weighted by Gasteiger charge is 2.33. The molecule has 2 aliphatic rings. The second-order valence-electron chi connectivity index (χ2n) is 7.58. The van der Waals surface area contributed by atoms with Crippen molar-refractivity contribution >= 4 is 11.9 Å². The highest BCUT2D eigenvalue weighted by molar-refractivity contribution is 5.94. The SMILES string of the molecule is COc1ccc([C@@H]2CCCN2C(=O)c2cnc(N3CCCCC3)nc2)c(OC)c1. The summed E-state index contributed by atoms with van der Waals surface area (Å²) in [6.07, 6.45) is 8.80. The minimum absolute atomic E-state index is 0.0230. The monoisotopic (exact) mass is 396 g/mol. The van der Waals surface area contributed by atoms with Crippen molar-refractivity contribution < 1.29 is 14.3 Å². The molecule has 1 atom stereocenters. The second kappa shape index (κ2) is 8.68. The molecular formula is C22H28N4O3. The smallest absolute Gasteiger partial charge is 0.257 e. The van der Waals surface area contributed by atoms with Crippen LogP contribution in [-0.2, 0) is 0 Å². The molecule has 0 N–H and O–H groups in total. The van der Waals surface area contributed by atoms with Crippen LogP contribution in [0.2, 0.25) is 0 Å². The summed E-state index contributed by atoms with van der Waals surface area (Å²) in [6, 6.07) is 5.75. The van der Waals surface area contributed by atoms with Crippen LogP contribution in [0.15, 0.2) is 30.6 Å². The quantitative estimate of drug-likeness (QED) is 0.771. The Balaban J connectivity index is 1.53. The molecule has 7 nitrogen and oxygen atoms in total. The summed E-state index contributed by atoms with van der Waals surface area (Å²) in [5.41, 5.74) is 1.54. The van der Waals surface area contributed by atoms with E-state index >= 15 is 0 Å². The highest BCUT2D eigenvalue weighted by Crippen LogP contribution is 2.39. The van der Waals surface area contributed by atoms with Crippen LogP contribution < -0.4 is 14.4 Å². The van der Waals surface area contributed by atoms with Gasteiger partial charge in [0.15, 0.2) is 0 Å². The van der Waals surface area contributed by atoms with E-state index in [0.29, 0.717) is 12.1 Å². The van der Waals surface area contributed by atoms with Gasteiger partial charge in [-0.2, -0.15) is 0 Å². The van der Waals surface area contributed by atoms with Crippen molar-refractivity contribution in [2.75, 3.05) is 38.8 Å². The zero-order chi connectivity index (χ0) is 20.2. The van der Waals surface area contributed by atoms with Gasteiger partial charge in [-0.3, -0.25) is 4.79 Å². The molecule has 4 rings (SSSR count). The van der Waals surface area contributed by atoms with E-state index in [4.69, 9.17) is 9.47 Å². The summed E-state index contributed by atoms with van der Waals surface area (Å²) < 4.78 is 10.9. The fraction of sp³-hybridized carbons (Fsp3) is 0.500. The predicted molar refractivity (Wildman–Crippen MR) is 111 cm³/mol. The Morgan fingerprint density at radius 2 is 1.76 bits per heavy atom. The normalized spacial score (nSPS) is 19.3. The summed E-state index contributed by atoms with van der Waals surface area (Å²) in [4.78, 5) is 26.3. The maximum atomic E-state index is 13.2. The number of nitrogens with zero attached hydrogens (tertiary/aromatic N) is 4. The first-order valence-electron chi connectivity index (χ1n) is 10.3. The highest BCUT2D eigenvalue weighted by atomic mass is 16.5. The molecule has 2 aromatic rings. The van der Waals surface area contributed by atoms with Gasteiger partial charge in [-0.15, -0.1) is 0 Å². The average Bonchev–Trinajstić information content (AvgIpc) is 3.28. The van der Waals surface area contributed by atoms with Crippen LogP contribution in [0.5, 0.6) is 11.5 Å². The van der Waals surface area contributed by atoms with E-state index in [0.717, 1.165) is 48.9 Å². The first-order valence-corrected chi connectivity index (χ1v) is 10.3. The topological polar surface area (TPSA) is 67.8 Å². The van der Waals surface area contributed by atoms with Gasteiger partial charge in [-0.25, -0.2) is 9.97 Å². The third kappa shape index (κ3) is 3.99. The van der Waals surface area contributed by atoms with Crippen molar-refractivity contribution in [3.8, 4) is 11.5 Å². The number of amides is 1. The summed E-state index contributed by atoms with van der Waals surface area (Å²) in [5.74, 6) is 2.17. The minimum Gasteiger partial charge on any atom is -0.497 e. The zero-order valence-electron chi connectivity index (χ0n) is 17.1. The van der Waals surface area contributed by atoms with Gasteiger partial charge in [0.2, 0.25) is 5.95 Å². The van der Waals surface area contributed by atoms with Gasteiger partial charge in [0.25, 0.3) is 5.91 Å². The Hall–Kier alpha value is -2.83. The van der Waals surface area contributed by atoms with E-state index in [9.17, 15) is 4.79 Å². The Morgan fingerprint density at radius 3 is 2.45 bits per heavy atom. The standard InChI is InChI=1S/C22H28N4O3/c1-28-17-8-9-18(20(13-17)29-2)19-7-6-12-26(19)21(27)16-14-23-22(24-15-16)25-10-4-3-5-11-25/h8-9,13-15,19H,3-7,10-12H2,1-2H3/t19-/m0/s1. The third-order valence-corrected chi connectivity index (χ3v) is 5.84. The number of methoxy groups -OCH3 is 2. The van der Waals surface area contributed by atoms with Crippen LogP contribution >= 0.6 is 0 Å². The minimum atomic E-state index is -0.0319. The van der Waals surface area contributed by atoms with Gasteiger partial charge in [0.1, 0.15) is 11.5 Å². The van der Waals surface area contributed by atoms with E-state index in [1.165, 1.54) is 19.3 Å². The number of likely N-dealkylation sites (tertiary alicyclic amines) is 1. The first kappa shape index (κ1) is 19.5. The van der Waals surface area contributed by atoms with Crippen molar-refractivity contribution in [1.29, 1.82) is 0 Å². The van der Waals surface area contributed by atoms with Gasteiger partial charge in [-0.05, 0) is 44.2 Å². The number of anilines is 1. The molecule has 0 spiro atoms. The van der Waals surface area contributed by atoms with Gasteiger partial charge in [0, 0.05) is 43.7 Å². The van der Waals surface area contributed by atoms with Gasteiger partial charge >= 0.3 is 0 Å². The molecule has 2 aliphatic heterocycles. The number of rotatable bonds is 5. The molecule has 3 heterocycles. The maximum Gasteiger partial charge on any atom is 0.257 e. The number of ether oxygens (including phenoxy) is 2. The lowest BCUT2D eigenvalue weighted by molar-refractivity contribution is 0.0733. The number of piperidine rings is 1. The van der Waals surface area contributed by atoms with E-state index in [2.05, 4.69) is 14.9 Å². The lowest BCUT2D eigenvalue weighted by Gasteiger charge is -2.28. The third-order valence-electron chi connectivity index (χ3n) is 5.84. The number of hydrogen-bond acceptors (Lipinski definition) is 6. The molecule has 0 radical (unpaired) electrons. The fourth-order valence-electron chi connectivity index (χ4n) is 4.28. The van der Waals surface area contributed by atoms with Crippen molar-refractivity contribution in [3.05, 3.63) is 41.7 Å². The van der Waals surface area contributed by atoms with Crippen LogP contribution in [0.3, 0.4) is 0 Å². The van der Waals surface area contributed by atoms with Crippen molar-refractivity contribution in [2.24, 2.45) is 0 Å². The molecule has 0 bridgehead atoms. The summed E-state index contributed by atoms with van der Waals surface area (Å²) in [7, 11) is 3.28. The molecule has 154 valence electrons. The molecule has 0 unspecified atom stereocenters. The Kier molecular flexibility index (Phi) is 5.83. The molecule has 2 saturated heterocycles. The predicted octanol–water partition coefficient (Wildman–Crippen LogP) is 3.46. The molecule has 1 amide bonds. The van der Waals surface area contributed by atoms with E-state index in [1.807, 2.05) is 23.1 Å². The van der Waals surface area contributed by atoms with Crippen molar-refractivity contribution in [3.63, 3.8) is 0 Å². The summed E-state index contributed by atoms with van der Waals surface area (Å²) in [5, 5.41) is 0. The Morgan fingerprint density at radius 1 is 1.00 bits per heavy atom. The molecular weight excluding hydrogens is 368 g/mol. The van der Waals surface area contributed by atoms with Crippen LogP contribution in [0.25, 0.3) is 0 Å². The van der Waals surface area contributed by atoms with Crippen molar-refractivity contribution in [2.45, 2.75) is 38.1 Å². The van der Waals surface area contributed by atoms with E-state index in [-0.39, 0.29) is 11.9 Å². The van der Waals surface area contributed by atoms with Crippen molar-refractivity contribution in [1.82, 2.24) is 14.9 Å². The zero-order valence-corrected chi connectivity index (χ0v) is 17.1. The molecule has 7 heteroatoms. The summed E-state index contributed by atoms with van der Waals surface area (Å²) in [6.45, 7) is 2.68. The Labute approximate surface area is 171 Å². The Bertz CT molecular complexity index is 850. The van der Waals surface area contributed by atoms with E-state index in [1.54, 1.807) is 26.6 Å². The largest absolute Gasteiger partial charge is 0.497 e. The van der Waals surface area contributed by atoms with E-state index < -0.39 is 0 Å². The molecule has 2 fully saturated rings. The summed E-state index contributed by atoms with van der Waals surface area (Å²) >= 11 is 0. The second-order valence-corrected chi connectivity index (χ2v) is 7.58. The molecule has 29 heavy (non-hydrogen) atoms. The molecule has 0 saturated carbocycles. The fourth-order valence-corrected chi connectivity index (χ4v) is 4.28. The first-order chi connectivity index (χ1) is 14.2.